The summed E-state index contributed by atoms with van der Waals surface area (Å²) >= 11 is 0. The van der Waals surface area contributed by atoms with Crippen molar-refractivity contribution in [3.8, 4) is 34.0 Å². The highest BCUT2D eigenvalue weighted by Gasteiger charge is 2.23. The van der Waals surface area contributed by atoms with Crippen LogP contribution in [0.15, 0.2) is 54.9 Å². The molecule has 0 amide bonds. The van der Waals surface area contributed by atoms with Crippen molar-refractivity contribution >= 4 is 11.7 Å². The molecule has 34 heavy (non-hydrogen) atoms. The number of carboxylic acids is 1. The molecule has 0 aliphatic carbocycles. The summed E-state index contributed by atoms with van der Waals surface area (Å²) in [5, 5.41) is 14.9. The fraction of sp³-hybridized carbons (Fsp3) is 0.222. The summed E-state index contributed by atoms with van der Waals surface area (Å²) in [5.74, 6) is -0.309. The van der Waals surface area contributed by atoms with Crippen molar-refractivity contribution in [2.75, 3.05) is 5.73 Å². The lowest BCUT2D eigenvalue weighted by Gasteiger charge is -2.16. The topological polar surface area (TPSA) is 103 Å². The van der Waals surface area contributed by atoms with Crippen LogP contribution < -0.4 is 10.5 Å². The average molecular weight is 457 g/mol. The van der Waals surface area contributed by atoms with Gasteiger partial charge in [0.1, 0.15) is 5.75 Å². The Morgan fingerprint density at radius 3 is 2.41 bits per heavy atom. The van der Waals surface area contributed by atoms with E-state index in [9.17, 15) is 9.90 Å². The number of anilines is 1. The van der Waals surface area contributed by atoms with Gasteiger partial charge in [0.05, 0.1) is 28.7 Å². The summed E-state index contributed by atoms with van der Waals surface area (Å²) < 4.78 is 7.63. The molecular formula is C27H28N4O3. The zero-order valence-corrected chi connectivity index (χ0v) is 20.0. The van der Waals surface area contributed by atoms with Gasteiger partial charge in [0.2, 0.25) is 0 Å². The number of hydrogen-bond donors (Lipinski definition) is 2. The number of hydrogen-bond acceptors (Lipinski definition) is 5. The van der Waals surface area contributed by atoms with E-state index in [1.54, 1.807) is 29.2 Å². The van der Waals surface area contributed by atoms with Gasteiger partial charge in [0, 0.05) is 29.2 Å². The number of aromatic nitrogens is 3. The molecule has 4 rings (SSSR count). The highest BCUT2D eigenvalue weighted by molar-refractivity contribution is 6.00. The lowest BCUT2D eigenvalue weighted by atomic mass is 9.98. The third kappa shape index (κ3) is 4.37. The molecule has 0 aliphatic rings. The van der Waals surface area contributed by atoms with Crippen molar-refractivity contribution in [3.05, 3.63) is 77.1 Å². The van der Waals surface area contributed by atoms with Crippen LogP contribution in [-0.4, -0.2) is 31.9 Å². The van der Waals surface area contributed by atoms with Crippen LogP contribution in [-0.2, 0) is 0 Å². The predicted molar refractivity (Wildman–Crippen MR) is 134 cm³/mol. The number of nitrogens with two attached hydrogens (primary N) is 1. The van der Waals surface area contributed by atoms with E-state index >= 15 is 0 Å². The minimum absolute atomic E-state index is 0.0379. The Balaban J connectivity index is 2.02. The molecule has 0 saturated carbocycles. The van der Waals surface area contributed by atoms with Crippen LogP contribution in [0, 0.1) is 20.8 Å². The van der Waals surface area contributed by atoms with Gasteiger partial charge in [-0.25, -0.2) is 9.48 Å². The Hall–Kier alpha value is -4.13. The molecule has 7 nitrogen and oxygen atoms in total. The molecule has 0 saturated heterocycles. The van der Waals surface area contributed by atoms with Crippen molar-refractivity contribution in [2.24, 2.45) is 0 Å². The van der Waals surface area contributed by atoms with Gasteiger partial charge < -0.3 is 15.6 Å². The Labute approximate surface area is 198 Å². The maximum atomic E-state index is 12.2. The van der Waals surface area contributed by atoms with Gasteiger partial charge >= 0.3 is 5.97 Å². The monoisotopic (exact) mass is 456 g/mol. The largest absolute Gasteiger partial charge is 0.491 e. The van der Waals surface area contributed by atoms with Crippen LogP contribution in [0.5, 0.6) is 5.75 Å². The van der Waals surface area contributed by atoms with Gasteiger partial charge in [-0.3, -0.25) is 4.98 Å². The highest BCUT2D eigenvalue weighted by atomic mass is 16.5. The number of carbonyl (C=O) groups is 1. The molecule has 4 aromatic rings. The Bertz CT molecular complexity index is 1370. The first-order valence-corrected chi connectivity index (χ1v) is 11.1. The van der Waals surface area contributed by atoms with Gasteiger partial charge in [-0.15, -0.1) is 0 Å². The Morgan fingerprint density at radius 2 is 1.76 bits per heavy atom. The fourth-order valence-corrected chi connectivity index (χ4v) is 4.17. The molecule has 2 aromatic carbocycles. The molecule has 7 heteroatoms. The van der Waals surface area contributed by atoms with Crippen molar-refractivity contribution < 1.29 is 14.6 Å². The number of ether oxygens (including phenoxy) is 1. The summed E-state index contributed by atoms with van der Waals surface area (Å²) in [5.41, 5.74) is 12.9. The lowest BCUT2D eigenvalue weighted by Crippen LogP contribution is -2.09. The standard InChI is InChI=1S/C27H28N4O3/c1-15(2)34-20-8-6-7-19(11-20)23-12-24(25-21(27(32)33)9-16(3)10-22(25)28)31(30-23)26-17(4)13-29-14-18(26)5/h6-15H,28H2,1-5H3,(H,32,33). The zero-order valence-electron chi connectivity index (χ0n) is 20.0. The molecular weight excluding hydrogens is 428 g/mol. The molecule has 0 bridgehead atoms. The smallest absolute Gasteiger partial charge is 0.336 e. The van der Waals surface area contributed by atoms with Crippen LogP contribution in [0.4, 0.5) is 5.69 Å². The third-order valence-electron chi connectivity index (χ3n) is 5.51. The van der Waals surface area contributed by atoms with E-state index in [2.05, 4.69) is 4.98 Å². The maximum Gasteiger partial charge on any atom is 0.336 e. The molecule has 2 aromatic heterocycles. The van der Waals surface area contributed by atoms with E-state index in [0.29, 0.717) is 22.6 Å². The van der Waals surface area contributed by atoms with Gasteiger partial charge in [-0.2, -0.15) is 5.10 Å². The van der Waals surface area contributed by atoms with Crippen molar-refractivity contribution in [1.29, 1.82) is 0 Å². The number of pyridine rings is 1. The maximum absolute atomic E-state index is 12.2. The minimum Gasteiger partial charge on any atom is -0.491 e. The molecule has 174 valence electrons. The molecule has 0 spiro atoms. The number of nitrogens with zero attached hydrogens (tertiary/aromatic N) is 3. The highest BCUT2D eigenvalue weighted by Crippen LogP contribution is 2.37. The van der Waals surface area contributed by atoms with Gasteiger partial charge in [-0.05, 0) is 81.6 Å². The lowest BCUT2D eigenvalue weighted by molar-refractivity contribution is 0.0697. The number of benzene rings is 2. The Kier molecular flexibility index (Phi) is 6.11. The number of rotatable bonds is 6. The summed E-state index contributed by atoms with van der Waals surface area (Å²) in [6.45, 7) is 9.68. The second-order valence-corrected chi connectivity index (χ2v) is 8.72. The molecule has 3 N–H and O–H groups in total. The first-order chi connectivity index (χ1) is 16.2. The van der Waals surface area contributed by atoms with Crippen molar-refractivity contribution in [3.63, 3.8) is 0 Å². The summed E-state index contributed by atoms with van der Waals surface area (Å²) in [6.07, 6.45) is 3.57. The van der Waals surface area contributed by atoms with E-state index in [4.69, 9.17) is 15.6 Å². The zero-order chi connectivity index (χ0) is 24.6. The summed E-state index contributed by atoms with van der Waals surface area (Å²) in [6, 6.07) is 13.0. The molecule has 0 unspecified atom stereocenters. The van der Waals surface area contributed by atoms with Gasteiger partial charge in [0.15, 0.2) is 0 Å². The van der Waals surface area contributed by atoms with Crippen LogP contribution in [0.3, 0.4) is 0 Å². The molecule has 0 fully saturated rings. The van der Waals surface area contributed by atoms with Crippen LogP contribution in [0.2, 0.25) is 0 Å². The SMILES string of the molecule is Cc1cc(N)c(-c2cc(-c3cccc(OC(C)C)c3)nn2-c2c(C)cncc2C)c(C(=O)O)c1. The van der Waals surface area contributed by atoms with Gasteiger partial charge in [0.25, 0.3) is 0 Å². The quantitative estimate of drug-likeness (QED) is 0.366. The van der Waals surface area contributed by atoms with Crippen LogP contribution in [0.25, 0.3) is 28.2 Å². The molecule has 0 radical (unpaired) electrons. The third-order valence-corrected chi connectivity index (χ3v) is 5.51. The molecule has 0 aliphatic heterocycles. The second-order valence-electron chi connectivity index (χ2n) is 8.72. The second kappa shape index (κ2) is 9.02. The van der Waals surface area contributed by atoms with E-state index in [1.807, 2.05) is 65.0 Å². The first kappa shape index (κ1) is 23.0. The molecule has 0 atom stereocenters. The number of carboxylic acid groups (broad SMARTS) is 1. The number of nitrogen functional groups attached to an aromatic ring is 1. The normalized spacial score (nSPS) is 11.1. The van der Waals surface area contributed by atoms with Crippen LogP contribution in [0.1, 0.15) is 40.9 Å². The van der Waals surface area contributed by atoms with Crippen molar-refractivity contribution in [1.82, 2.24) is 14.8 Å². The van der Waals surface area contributed by atoms with E-state index in [0.717, 1.165) is 33.7 Å². The van der Waals surface area contributed by atoms with Crippen molar-refractivity contribution in [2.45, 2.75) is 40.7 Å². The van der Waals surface area contributed by atoms with E-state index in [1.165, 1.54) is 0 Å². The first-order valence-electron chi connectivity index (χ1n) is 11.1. The molecule has 2 heterocycles. The Morgan fingerprint density at radius 1 is 1.06 bits per heavy atom. The average Bonchev–Trinajstić information content (AvgIpc) is 3.17. The summed E-state index contributed by atoms with van der Waals surface area (Å²) in [7, 11) is 0. The fourth-order valence-electron chi connectivity index (χ4n) is 4.17. The number of aromatic carboxylic acids is 1. The van der Waals surface area contributed by atoms with E-state index in [-0.39, 0.29) is 11.7 Å². The minimum atomic E-state index is -1.05. The predicted octanol–water partition coefficient (Wildman–Crippen LogP) is 5.59. The number of aryl methyl sites for hydroxylation is 3. The van der Waals surface area contributed by atoms with Gasteiger partial charge in [-0.1, -0.05) is 12.1 Å². The van der Waals surface area contributed by atoms with E-state index < -0.39 is 5.97 Å². The summed E-state index contributed by atoms with van der Waals surface area (Å²) in [4.78, 5) is 16.5. The van der Waals surface area contributed by atoms with Crippen LogP contribution >= 0.6 is 0 Å².